The number of aliphatic hydroxyl groups is 1. The molecule has 3 N–H and O–H groups in total. The molecule has 5 atom stereocenters. The number of phosphoric acid groups is 2. The minimum absolute atomic E-state index is 0.106. The van der Waals surface area contributed by atoms with Gasteiger partial charge >= 0.3 is 39.5 Å². The third-order valence-electron chi connectivity index (χ3n) is 18.8. The first kappa shape index (κ1) is 98.1. The summed E-state index contributed by atoms with van der Waals surface area (Å²) in [6.07, 6.45) is 57.1. The van der Waals surface area contributed by atoms with Gasteiger partial charge in [0.15, 0.2) is 12.2 Å². The van der Waals surface area contributed by atoms with E-state index in [-0.39, 0.29) is 25.7 Å². The number of aliphatic hydroxyl groups excluding tert-OH is 1. The van der Waals surface area contributed by atoms with Crippen LogP contribution in [0.5, 0.6) is 0 Å². The largest absolute Gasteiger partial charge is 0.472 e. The van der Waals surface area contributed by atoms with E-state index in [1.54, 1.807) is 0 Å². The van der Waals surface area contributed by atoms with E-state index in [1.807, 2.05) is 0 Å². The van der Waals surface area contributed by atoms with Gasteiger partial charge in [-0.2, -0.15) is 0 Å². The maximum absolute atomic E-state index is 13.1. The summed E-state index contributed by atoms with van der Waals surface area (Å²) in [5, 5.41) is 10.6. The Morgan fingerprint density at radius 2 is 0.420 bits per heavy atom. The molecule has 17 nitrogen and oxygen atoms in total. The molecule has 0 aromatic carbocycles. The van der Waals surface area contributed by atoms with Crippen LogP contribution in [0.2, 0.25) is 0 Å². The summed E-state index contributed by atoms with van der Waals surface area (Å²) < 4.78 is 68.7. The van der Waals surface area contributed by atoms with Crippen LogP contribution in [0.3, 0.4) is 0 Å². The van der Waals surface area contributed by atoms with Crippen LogP contribution in [0, 0.1) is 23.7 Å². The highest BCUT2D eigenvalue weighted by molar-refractivity contribution is 7.47. The molecule has 100 heavy (non-hydrogen) atoms. The molecule has 594 valence electrons. The summed E-state index contributed by atoms with van der Waals surface area (Å²) in [5.74, 6) is 0.938. The van der Waals surface area contributed by atoms with Crippen LogP contribution < -0.4 is 0 Å². The number of carbonyl (C=O) groups excluding carboxylic acids is 4. The van der Waals surface area contributed by atoms with E-state index >= 15 is 0 Å². The lowest BCUT2D eigenvalue weighted by atomic mass is 10.0. The van der Waals surface area contributed by atoms with Gasteiger partial charge in [-0.25, -0.2) is 9.13 Å². The van der Waals surface area contributed by atoms with Gasteiger partial charge in [-0.1, -0.05) is 364 Å². The number of rotatable bonds is 78. The van der Waals surface area contributed by atoms with E-state index in [0.717, 1.165) is 114 Å². The van der Waals surface area contributed by atoms with E-state index in [4.69, 9.17) is 37.0 Å². The van der Waals surface area contributed by atoms with Crippen molar-refractivity contribution >= 4 is 39.5 Å². The topological polar surface area (TPSA) is 237 Å². The van der Waals surface area contributed by atoms with Crippen LogP contribution in [-0.2, 0) is 65.4 Å². The Bertz CT molecular complexity index is 1950. The summed E-state index contributed by atoms with van der Waals surface area (Å²) in [7, 11) is -9.92. The second kappa shape index (κ2) is 70.1. The molecule has 0 rings (SSSR count). The monoisotopic (exact) mass is 1470 g/mol. The summed E-state index contributed by atoms with van der Waals surface area (Å²) in [6, 6.07) is 0. The first-order valence-electron chi connectivity index (χ1n) is 41.7. The molecule has 0 aliphatic carbocycles. The zero-order valence-electron chi connectivity index (χ0n) is 65.8. The third kappa shape index (κ3) is 74.3. The molecule has 0 aliphatic heterocycles. The lowest BCUT2D eigenvalue weighted by Gasteiger charge is -2.21. The molecule has 0 aliphatic rings. The average molecular weight is 1470 g/mol. The quantitative estimate of drug-likeness (QED) is 0.0222. The van der Waals surface area contributed by atoms with Crippen LogP contribution in [0.25, 0.3) is 0 Å². The molecule has 0 saturated heterocycles. The Balaban J connectivity index is 5.19. The Labute approximate surface area is 613 Å². The molecule has 0 fully saturated rings. The minimum atomic E-state index is -4.96. The van der Waals surface area contributed by atoms with Crippen molar-refractivity contribution < 1.29 is 80.2 Å². The van der Waals surface area contributed by atoms with Gasteiger partial charge in [0.1, 0.15) is 19.3 Å². The summed E-state index contributed by atoms with van der Waals surface area (Å²) in [6.45, 7) is 14.2. The Kier molecular flexibility index (Phi) is 68.7. The first-order chi connectivity index (χ1) is 48.1. The van der Waals surface area contributed by atoms with Gasteiger partial charge in [-0.3, -0.25) is 37.3 Å². The van der Waals surface area contributed by atoms with Gasteiger partial charge in [-0.05, 0) is 49.4 Å². The van der Waals surface area contributed by atoms with Crippen LogP contribution >= 0.6 is 15.6 Å². The van der Waals surface area contributed by atoms with Crippen molar-refractivity contribution in [3.05, 3.63) is 0 Å². The van der Waals surface area contributed by atoms with Crippen molar-refractivity contribution in [1.29, 1.82) is 0 Å². The predicted molar refractivity (Wildman–Crippen MR) is 409 cm³/mol. The number of carbonyl (C=O) groups is 4. The molecular weight excluding hydrogens is 1310 g/mol. The highest BCUT2D eigenvalue weighted by Crippen LogP contribution is 2.45. The number of hydrogen-bond acceptors (Lipinski definition) is 15. The molecule has 0 amide bonds. The number of hydrogen-bond donors (Lipinski definition) is 3. The maximum Gasteiger partial charge on any atom is 0.472 e. The van der Waals surface area contributed by atoms with E-state index in [2.05, 4.69) is 55.4 Å². The summed E-state index contributed by atoms with van der Waals surface area (Å²) in [5.41, 5.74) is 0. The van der Waals surface area contributed by atoms with E-state index < -0.39 is 97.5 Å². The van der Waals surface area contributed by atoms with Crippen LogP contribution in [-0.4, -0.2) is 96.7 Å². The predicted octanol–water partition coefficient (Wildman–Crippen LogP) is 24.0. The van der Waals surface area contributed by atoms with Crippen LogP contribution in [0.15, 0.2) is 0 Å². The number of esters is 4. The van der Waals surface area contributed by atoms with Crippen LogP contribution in [0.4, 0.5) is 0 Å². The Morgan fingerprint density at radius 1 is 0.250 bits per heavy atom. The number of ether oxygens (including phenoxy) is 4. The third-order valence-corrected chi connectivity index (χ3v) is 20.7. The number of phosphoric ester groups is 2. The average Bonchev–Trinajstić information content (AvgIpc) is 0.945. The molecule has 0 radical (unpaired) electrons. The zero-order chi connectivity index (χ0) is 73.8. The summed E-state index contributed by atoms with van der Waals surface area (Å²) in [4.78, 5) is 73.0. The number of unbranched alkanes of at least 4 members (excludes halogenated alkanes) is 44. The fraction of sp³-hybridized carbons (Fsp3) is 0.951. The summed E-state index contributed by atoms with van der Waals surface area (Å²) >= 11 is 0. The molecular formula is C81H158O17P2. The van der Waals surface area contributed by atoms with E-state index in [9.17, 15) is 43.2 Å². The lowest BCUT2D eigenvalue weighted by molar-refractivity contribution is -0.161. The minimum Gasteiger partial charge on any atom is -0.462 e. The fourth-order valence-corrected chi connectivity index (χ4v) is 14.0. The molecule has 0 bridgehead atoms. The molecule has 2 unspecified atom stereocenters. The Hall–Kier alpha value is -1.94. The van der Waals surface area contributed by atoms with Gasteiger partial charge in [0.25, 0.3) is 0 Å². The van der Waals surface area contributed by atoms with Crippen molar-refractivity contribution in [2.45, 2.75) is 433 Å². The van der Waals surface area contributed by atoms with Crippen molar-refractivity contribution in [2.24, 2.45) is 23.7 Å². The van der Waals surface area contributed by atoms with Crippen molar-refractivity contribution in [3.8, 4) is 0 Å². The molecule has 0 saturated carbocycles. The van der Waals surface area contributed by atoms with Gasteiger partial charge in [0, 0.05) is 25.7 Å². The second-order valence-electron chi connectivity index (χ2n) is 31.1. The smallest absolute Gasteiger partial charge is 0.462 e. The standard InChI is InChI=1S/C81H158O17P2/c1-71(2)57-49-41-33-27-21-16-13-11-9-10-12-14-18-24-30-36-45-53-61-78(83)91-67-76(97-81(86)64-56-48-38-32-26-20-23-29-35-43-51-59-73(5)6)69-95-99(87,88)93-65-75(82)66-94-100(89,90)96-70-77(68-92-79(84)62-54-46-40-39-44-52-60-74(7)8)98-80(85)63-55-47-37-31-25-19-15-17-22-28-34-42-50-58-72(3)4/h71-77,82H,9-70H2,1-8H3,(H,87,88)(H,89,90)/t75-,76-,77-/m1/s1. The van der Waals surface area contributed by atoms with Crippen molar-refractivity contribution in [1.82, 2.24) is 0 Å². The first-order valence-corrected chi connectivity index (χ1v) is 44.7. The SMILES string of the molecule is CC(C)CCCCCCCCCCCCCCCCCCCCC(=O)OC[C@H](COP(=O)(O)OC[C@@H](O)COP(=O)(O)OC[C@@H](COC(=O)CCCCCCCCC(C)C)OC(=O)CCCCCCCCCCCCCCCC(C)C)OC(=O)CCCCCCCCCCCCCC(C)C. The zero-order valence-corrected chi connectivity index (χ0v) is 67.6. The fourth-order valence-electron chi connectivity index (χ4n) is 12.4. The molecule has 0 aromatic heterocycles. The van der Waals surface area contributed by atoms with Gasteiger partial charge < -0.3 is 33.8 Å². The molecule has 0 spiro atoms. The second-order valence-corrected chi connectivity index (χ2v) is 34.0. The normalized spacial score (nSPS) is 14.0. The highest BCUT2D eigenvalue weighted by Gasteiger charge is 2.30. The van der Waals surface area contributed by atoms with Gasteiger partial charge in [0.05, 0.1) is 26.4 Å². The molecule has 0 heterocycles. The van der Waals surface area contributed by atoms with Gasteiger partial charge in [0.2, 0.25) is 0 Å². The Morgan fingerprint density at radius 3 is 0.620 bits per heavy atom. The van der Waals surface area contributed by atoms with Crippen molar-refractivity contribution in [2.75, 3.05) is 39.6 Å². The molecule has 0 aromatic rings. The van der Waals surface area contributed by atoms with Crippen LogP contribution in [0.1, 0.15) is 415 Å². The van der Waals surface area contributed by atoms with E-state index in [0.29, 0.717) is 31.6 Å². The van der Waals surface area contributed by atoms with Gasteiger partial charge in [-0.15, -0.1) is 0 Å². The maximum atomic E-state index is 13.1. The van der Waals surface area contributed by atoms with E-state index in [1.165, 1.54) is 212 Å². The van der Waals surface area contributed by atoms with Crippen molar-refractivity contribution in [3.63, 3.8) is 0 Å². The highest BCUT2D eigenvalue weighted by atomic mass is 31.2. The molecule has 19 heteroatoms. The lowest BCUT2D eigenvalue weighted by Crippen LogP contribution is -2.30.